The van der Waals surface area contributed by atoms with Gasteiger partial charge in [0.05, 0.1) is 16.1 Å². The number of piperazine rings is 1. The number of imidazole rings is 1. The molecule has 0 unspecified atom stereocenters. The summed E-state index contributed by atoms with van der Waals surface area (Å²) in [6.45, 7) is 2.06. The minimum absolute atomic E-state index is 0.528. The van der Waals surface area contributed by atoms with Gasteiger partial charge >= 0.3 is 0 Å². The molecule has 0 amide bonds. The topological polar surface area (TPSA) is 46.0 Å². The molecule has 5 nitrogen and oxygen atoms in total. The van der Waals surface area contributed by atoms with Crippen LogP contribution >= 0.6 is 11.6 Å². The maximum Gasteiger partial charge on any atom is 0.142 e. The first-order valence-corrected chi connectivity index (χ1v) is 9.16. The summed E-state index contributed by atoms with van der Waals surface area (Å²) in [4.78, 5) is 11.9. The Kier molecular flexibility index (Phi) is 3.47. The van der Waals surface area contributed by atoms with Gasteiger partial charge in [0, 0.05) is 44.0 Å². The molecule has 3 aromatic rings. The fourth-order valence-corrected chi connectivity index (χ4v) is 4.47. The Bertz CT molecular complexity index is 934. The van der Waals surface area contributed by atoms with E-state index < -0.39 is 0 Å². The van der Waals surface area contributed by atoms with Crippen LogP contribution in [0.1, 0.15) is 12.8 Å². The second kappa shape index (κ2) is 5.71. The lowest BCUT2D eigenvalue weighted by atomic mass is 10.2. The van der Waals surface area contributed by atoms with Gasteiger partial charge in [-0.2, -0.15) is 0 Å². The molecule has 2 aliphatic heterocycles. The number of benzene rings is 1. The number of fused-ring (bicyclic) bond motifs is 3. The smallest absolute Gasteiger partial charge is 0.142 e. The zero-order valence-electron chi connectivity index (χ0n) is 14.1. The monoisotopic (exact) mass is 353 g/mol. The maximum absolute atomic E-state index is 6.51. The highest BCUT2D eigenvalue weighted by atomic mass is 35.5. The van der Waals surface area contributed by atoms with Crippen molar-refractivity contribution in [3.05, 3.63) is 41.6 Å². The average molecular weight is 354 g/mol. The summed E-state index contributed by atoms with van der Waals surface area (Å²) in [6.07, 6.45) is 4.22. The molecule has 2 fully saturated rings. The quantitative estimate of drug-likeness (QED) is 0.768. The first-order valence-electron chi connectivity index (χ1n) is 8.79. The number of hydrogen-bond acceptors (Lipinski definition) is 4. The number of aromatic nitrogens is 3. The van der Waals surface area contributed by atoms with Crippen LogP contribution < -0.4 is 10.2 Å². The third-order valence-electron chi connectivity index (χ3n) is 5.51. The molecule has 0 spiro atoms. The summed E-state index contributed by atoms with van der Waals surface area (Å²) in [5.74, 6) is 1.90. The maximum atomic E-state index is 6.51. The van der Waals surface area contributed by atoms with Gasteiger partial charge in [-0.1, -0.05) is 23.7 Å². The van der Waals surface area contributed by atoms with Crippen molar-refractivity contribution in [1.82, 2.24) is 19.9 Å². The number of aryl methyl sites for hydroxylation is 1. The summed E-state index contributed by atoms with van der Waals surface area (Å²) in [5.41, 5.74) is 3.04. The molecular formula is C19H20ClN5. The van der Waals surface area contributed by atoms with Crippen molar-refractivity contribution < 1.29 is 0 Å². The van der Waals surface area contributed by atoms with Crippen LogP contribution in [0.3, 0.4) is 0 Å². The van der Waals surface area contributed by atoms with Gasteiger partial charge in [0.1, 0.15) is 11.6 Å². The fraction of sp³-hybridized carbons (Fsp3) is 0.368. The number of halogens is 1. The zero-order valence-corrected chi connectivity index (χ0v) is 14.9. The lowest BCUT2D eigenvalue weighted by Gasteiger charge is -2.36. The standard InChI is InChI=1S/C19H20ClN5/c1-24-17-5-3-2-4-16(17)23-19(24)14-8-18(22-11-15(14)20)25-12-6-7-13(25)10-21-9-12/h2-5,8,11-13,21H,6-7,9-10H2,1H3/t12-,13+. The van der Waals surface area contributed by atoms with Crippen molar-refractivity contribution in [3.8, 4) is 11.4 Å². The molecule has 2 aromatic heterocycles. The predicted octanol–water partition coefficient (Wildman–Crippen LogP) is 3.23. The fourth-order valence-electron chi connectivity index (χ4n) is 4.28. The number of nitrogens with one attached hydrogen (secondary N) is 1. The van der Waals surface area contributed by atoms with Gasteiger partial charge in [0.2, 0.25) is 0 Å². The van der Waals surface area contributed by atoms with E-state index in [9.17, 15) is 0 Å². The van der Waals surface area contributed by atoms with Crippen molar-refractivity contribution in [2.75, 3.05) is 18.0 Å². The average Bonchev–Trinajstić information content (AvgIpc) is 3.09. The van der Waals surface area contributed by atoms with E-state index in [2.05, 4.69) is 31.9 Å². The van der Waals surface area contributed by atoms with Gasteiger partial charge < -0.3 is 14.8 Å². The number of rotatable bonds is 2. The van der Waals surface area contributed by atoms with Gasteiger partial charge in [-0.15, -0.1) is 0 Å². The molecule has 0 aliphatic carbocycles. The molecule has 0 saturated carbocycles. The van der Waals surface area contributed by atoms with Crippen LogP contribution in [-0.2, 0) is 7.05 Å². The van der Waals surface area contributed by atoms with Gasteiger partial charge in [0.15, 0.2) is 0 Å². The van der Waals surface area contributed by atoms with Crippen molar-refractivity contribution in [1.29, 1.82) is 0 Å². The van der Waals surface area contributed by atoms with E-state index in [0.717, 1.165) is 41.3 Å². The van der Waals surface area contributed by atoms with E-state index in [4.69, 9.17) is 16.6 Å². The van der Waals surface area contributed by atoms with Crippen LogP contribution in [0.5, 0.6) is 0 Å². The predicted molar refractivity (Wildman–Crippen MR) is 101 cm³/mol. The summed E-state index contributed by atoms with van der Waals surface area (Å²) in [6, 6.07) is 11.3. The van der Waals surface area contributed by atoms with E-state index in [0.29, 0.717) is 17.1 Å². The molecule has 4 heterocycles. The molecule has 128 valence electrons. The summed E-state index contributed by atoms with van der Waals surface area (Å²) >= 11 is 6.51. The molecule has 2 bridgehead atoms. The summed E-state index contributed by atoms with van der Waals surface area (Å²) < 4.78 is 2.10. The molecule has 5 rings (SSSR count). The Balaban J connectivity index is 1.63. The Morgan fingerprint density at radius 1 is 1.16 bits per heavy atom. The third-order valence-corrected chi connectivity index (χ3v) is 5.81. The normalized spacial score (nSPS) is 22.7. The molecule has 0 radical (unpaired) electrons. The molecule has 2 saturated heterocycles. The number of hydrogen-bond donors (Lipinski definition) is 1. The molecular weight excluding hydrogens is 334 g/mol. The molecule has 6 heteroatoms. The second-order valence-corrected chi connectivity index (χ2v) is 7.36. The molecule has 2 atom stereocenters. The zero-order chi connectivity index (χ0) is 17.0. The first kappa shape index (κ1) is 15.2. The van der Waals surface area contributed by atoms with Gasteiger partial charge in [-0.05, 0) is 31.0 Å². The minimum Gasteiger partial charge on any atom is -0.348 e. The van der Waals surface area contributed by atoms with Crippen LogP contribution in [0.15, 0.2) is 36.5 Å². The number of para-hydroxylation sites is 2. The van der Waals surface area contributed by atoms with E-state index >= 15 is 0 Å². The molecule has 25 heavy (non-hydrogen) atoms. The van der Waals surface area contributed by atoms with Crippen LogP contribution in [0.2, 0.25) is 5.02 Å². The second-order valence-electron chi connectivity index (χ2n) is 6.96. The Morgan fingerprint density at radius 3 is 2.68 bits per heavy atom. The van der Waals surface area contributed by atoms with Crippen molar-refractivity contribution in [2.45, 2.75) is 24.9 Å². The Hall–Kier alpha value is -2.11. The lowest BCUT2D eigenvalue weighted by Crippen LogP contribution is -2.52. The van der Waals surface area contributed by atoms with Crippen molar-refractivity contribution >= 4 is 28.5 Å². The van der Waals surface area contributed by atoms with E-state index in [-0.39, 0.29) is 0 Å². The number of anilines is 1. The third kappa shape index (κ3) is 2.34. The van der Waals surface area contributed by atoms with E-state index in [1.165, 1.54) is 12.8 Å². The Morgan fingerprint density at radius 2 is 1.92 bits per heavy atom. The minimum atomic E-state index is 0.528. The molecule has 1 aromatic carbocycles. The lowest BCUT2D eigenvalue weighted by molar-refractivity contribution is 0.481. The van der Waals surface area contributed by atoms with Gasteiger partial charge in [-0.25, -0.2) is 9.97 Å². The highest BCUT2D eigenvalue weighted by Crippen LogP contribution is 2.36. The van der Waals surface area contributed by atoms with Gasteiger partial charge in [-0.3, -0.25) is 0 Å². The van der Waals surface area contributed by atoms with Crippen LogP contribution in [0.4, 0.5) is 5.82 Å². The van der Waals surface area contributed by atoms with E-state index in [1.807, 2.05) is 25.2 Å². The molecule has 2 aliphatic rings. The molecule has 1 N–H and O–H groups in total. The highest BCUT2D eigenvalue weighted by Gasteiger charge is 2.37. The SMILES string of the molecule is Cn1c(-c2cc(N3[C@@H]4CC[C@H]3CNC4)ncc2Cl)nc2ccccc21. The van der Waals surface area contributed by atoms with Crippen LogP contribution in [0, 0.1) is 0 Å². The van der Waals surface area contributed by atoms with Gasteiger partial charge in [0.25, 0.3) is 0 Å². The van der Waals surface area contributed by atoms with Crippen LogP contribution in [-0.4, -0.2) is 39.7 Å². The number of nitrogens with zero attached hydrogens (tertiary/aromatic N) is 4. The van der Waals surface area contributed by atoms with Crippen molar-refractivity contribution in [3.63, 3.8) is 0 Å². The number of pyridine rings is 1. The Labute approximate surface area is 151 Å². The largest absolute Gasteiger partial charge is 0.348 e. The van der Waals surface area contributed by atoms with E-state index in [1.54, 1.807) is 6.20 Å². The van der Waals surface area contributed by atoms with Crippen molar-refractivity contribution in [2.24, 2.45) is 7.05 Å². The first-order chi connectivity index (χ1) is 12.2. The highest BCUT2D eigenvalue weighted by molar-refractivity contribution is 6.33. The summed E-state index contributed by atoms with van der Waals surface area (Å²) in [5, 5.41) is 4.16. The van der Waals surface area contributed by atoms with Crippen LogP contribution in [0.25, 0.3) is 22.4 Å². The summed E-state index contributed by atoms with van der Waals surface area (Å²) in [7, 11) is 2.04.